The van der Waals surface area contributed by atoms with E-state index < -0.39 is 18.1 Å². The van der Waals surface area contributed by atoms with Gasteiger partial charge in [-0.05, 0) is 17.9 Å². The number of amides is 1. The summed E-state index contributed by atoms with van der Waals surface area (Å²) in [4.78, 5) is 39.8. The number of ether oxygens (including phenoxy) is 1. The van der Waals surface area contributed by atoms with Gasteiger partial charge in [-0.3, -0.25) is 9.79 Å². The zero-order valence-corrected chi connectivity index (χ0v) is 16.8. The van der Waals surface area contributed by atoms with Crippen molar-refractivity contribution in [1.29, 1.82) is 0 Å². The fraction of sp³-hybridized carbons (Fsp3) is 0.429. The Morgan fingerprint density at radius 2 is 1.90 bits per heavy atom. The maximum absolute atomic E-state index is 12.3. The molecular weight excluding hydrogens is 376 g/mol. The van der Waals surface area contributed by atoms with Crippen LogP contribution < -0.4 is 5.32 Å². The molecule has 0 heterocycles. The lowest BCUT2D eigenvalue weighted by Gasteiger charge is -2.29. The zero-order valence-electron chi connectivity index (χ0n) is 16.8. The Hall–Kier alpha value is -3.16. The van der Waals surface area contributed by atoms with Gasteiger partial charge in [0.15, 0.2) is 5.78 Å². The van der Waals surface area contributed by atoms with Crippen molar-refractivity contribution in [2.75, 3.05) is 6.54 Å². The topological polar surface area (TPSA) is 125 Å². The summed E-state index contributed by atoms with van der Waals surface area (Å²) >= 11 is 0. The number of allylic oxidation sites excluding steroid dienone is 2. The number of Topliss-reactive ketones (excluding diaryl/α,β-unsaturated/α-hetero) is 1. The van der Waals surface area contributed by atoms with E-state index in [2.05, 4.69) is 10.3 Å². The number of aliphatic hydroxyl groups is 1. The van der Waals surface area contributed by atoms with Crippen molar-refractivity contribution in [2.45, 2.75) is 46.3 Å². The molecule has 156 valence electrons. The first-order valence-electron chi connectivity index (χ1n) is 9.26. The summed E-state index contributed by atoms with van der Waals surface area (Å²) in [6, 6.07) is 7.65. The zero-order chi connectivity index (χ0) is 21.6. The first-order chi connectivity index (χ1) is 13.6. The van der Waals surface area contributed by atoms with Gasteiger partial charge in [0, 0.05) is 18.6 Å². The molecule has 1 aromatic rings. The minimum absolute atomic E-state index is 0.00630. The molecule has 0 radical (unpaired) electrons. The molecule has 0 unspecified atom stereocenters. The van der Waals surface area contributed by atoms with Crippen molar-refractivity contribution in [3.63, 3.8) is 0 Å². The van der Waals surface area contributed by atoms with Crippen LogP contribution in [0.4, 0.5) is 4.79 Å². The average Bonchev–Trinajstić information content (AvgIpc) is 2.62. The van der Waals surface area contributed by atoms with Crippen molar-refractivity contribution < 1.29 is 29.3 Å². The number of carboxylic acids is 1. The lowest BCUT2D eigenvalue weighted by atomic mass is 9.76. The van der Waals surface area contributed by atoms with E-state index in [1.807, 2.05) is 19.9 Å². The van der Waals surface area contributed by atoms with Gasteiger partial charge < -0.3 is 20.3 Å². The molecule has 1 aliphatic rings. The average molecular weight is 402 g/mol. The maximum Gasteiger partial charge on any atom is 0.408 e. The number of alkyl carbamates (subject to hydrolysis) is 1. The highest BCUT2D eigenvalue weighted by Crippen LogP contribution is 2.36. The van der Waals surface area contributed by atoms with E-state index in [9.17, 15) is 24.6 Å². The Bertz CT molecular complexity index is 842. The van der Waals surface area contributed by atoms with Gasteiger partial charge in [0.2, 0.25) is 0 Å². The van der Waals surface area contributed by atoms with E-state index in [0.717, 1.165) is 5.56 Å². The molecule has 3 N–H and O–H groups in total. The third kappa shape index (κ3) is 6.44. The number of nitrogens with one attached hydrogen (secondary N) is 1. The SMILES string of the molecule is CC(=NC[C@H](NC(=O)OCc1ccccc1)C(=O)O)C1=C(O)CC(C)(C)CC1=O. The van der Waals surface area contributed by atoms with Crippen LogP contribution in [0.25, 0.3) is 0 Å². The summed E-state index contributed by atoms with van der Waals surface area (Å²) in [5, 5.41) is 21.8. The maximum atomic E-state index is 12.3. The van der Waals surface area contributed by atoms with E-state index >= 15 is 0 Å². The quantitative estimate of drug-likeness (QED) is 0.602. The minimum atomic E-state index is -1.33. The van der Waals surface area contributed by atoms with Crippen molar-refractivity contribution >= 4 is 23.6 Å². The molecule has 1 aliphatic carbocycles. The fourth-order valence-electron chi connectivity index (χ4n) is 3.10. The number of hydrogen-bond donors (Lipinski definition) is 3. The first-order valence-corrected chi connectivity index (χ1v) is 9.26. The molecule has 8 heteroatoms. The summed E-state index contributed by atoms with van der Waals surface area (Å²) in [6.07, 6.45) is -0.273. The standard InChI is InChI=1S/C21H26N2O6/c1-13(18-16(24)9-21(2,3)10-17(18)25)22-11-15(19(26)27)23-20(28)29-12-14-7-5-4-6-8-14/h4-8,15,24H,9-12H2,1-3H3,(H,23,28)(H,26,27)/t15-/m0/s1. The number of carbonyl (C=O) groups is 3. The predicted octanol–water partition coefficient (Wildman–Crippen LogP) is 3.03. The molecule has 0 saturated carbocycles. The number of aliphatic carboxylic acids is 1. The molecule has 2 rings (SSSR count). The van der Waals surface area contributed by atoms with Crippen LogP contribution in [-0.4, -0.2) is 46.4 Å². The Morgan fingerprint density at radius 3 is 2.48 bits per heavy atom. The van der Waals surface area contributed by atoms with Gasteiger partial charge in [0.25, 0.3) is 0 Å². The van der Waals surface area contributed by atoms with Gasteiger partial charge in [0.05, 0.1) is 12.1 Å². The number of ketones is 1. The molecule has 0 aromatic heterocycles. The third-order valence-electron chi connectivity index (χ3n) is 4.53. The highest BCUT2D eigenvalue weighted by atomic mass is 16.5. The largest absolute Gasteiger partial charge is 0.511 e. The predicted molar refractivity (Wildman–Crippen MR) is 107 cm³/mol. The van der Waals surface area contributed by atoms with Crippen LogP contribution in [0.15, 0.2) is 46.7 Å². The van der Waals surface area contributed by atoms with Crippen LogP contribution in [-0.2, 0) is 20.9 Å². The van der Waals surface area contributed by atoms with Gasteiger partial charge >= 0.3 is 12.1 Å². The fourth-order valence-corrected chi connectivity index (χ4v) is 3.10. The highest BCUT2D eigenvalue weighted by molar-refractivity contribution is 6.22. The Morgan fingerprint density at radius 1 is 1.24 bits per heavy atom. The molecule has 0 fully saturated rings. The summed E-state index contributed by atoms with van der Waals surface area (Å²) in [5.41, 5.74) is 0.803. The van der Waals surface area contributed by atoms with Gasteiger partial charge in [-0.1, -0.05) is 44.2 Å². The second-order valence-corrected chi connectivity index (χ2v) is 7.79. The molecule has 1 amide bonds. The van der Waals surface area contributed by atoms with Crippen LogP contribution in [0.2, 0.25) is 0 Å². The molecule has 0 aliphatic heterocycles. The summed E-state index contributed by atoms with van der Waals surface area (Å²) in [6.45, 7) is 5.02. The van der Waals surface area contributed by atoms with E-state index in [1.165, 1.54) is 6.92 Å². The molecule has 29 heavy (non-hydrogen) atoms. The normalized spacial score (nSPS) is 17.6. The number of rotatable bonds is 7. The molecular formula is C21H26N2O6. The second-order valence-electron chi connectivity index (χ2n) is 7.79. The number of carbonyl (C=O) groups excluding carboxylic acids is 2. The number of benzene rings is 1. The molecule has 8 nitrogen and oxygen atoms in total. The Balaban J connectivity index is 2.00. The van der Waals surface area contributed by atoms with Crippen LogP contribution in [0.5, 0.6) is 0 Å². The molecule has 1 aromatic carbocycles. The third-order valence-corrected chi connectivity index (χ3v) is 4.53. The lowest BCUT2D eigenvalue weighted by Crippen LogP contribution is -2.43. The van der Waals surface area contributed by atoms with Crippen LogP contribution in [0, 0.1) is 5.41 Å². The number of nitrogens with zero attached hydrogens (tertiary/aromatic N) is 1. The first kappa shape index (κ1) is 22.1. The minimum Gasteiger partial charge on any atom is -0.511 e. The van der Waals surface area contributed by atoms with Crippen LogP contribution >= 0.6 is 0 Å². The Kier molecular flexibility index (Phi) is 7.14. The van der Waals surface area contributed by atoms with Crippen molar-refractivity contribution in [3.05, 3.63) is 47.2 Å². The highest BCUT2D eigenvalue weighted by Gasteiger charge is 2.34. The van der Waals surface area contributed by atoms with Crippen molar-refractivity contribution in [1.82, 2.24) is 5.32 Å². The van der Waals surface area contributed by atoms with Gasteiger partial charge in [-0.2, -0.15) is 0 Å². The van der Waals surface area contributed by atoms with Gasteiger partial charge in [-0.25, -0.2) is 9.59 Å². The van der Waals surface area contributed by atoms with Crippen molar-refractivity contribution in [3.8, 4) is 0 Å². The summed E-state index contributed by atoms with van der Waals surface area (Å²) in [5.74, 6) is -1.57. The molecule has 0 bridgehead atoms. The van der Waals surface area contributed by atoms with E-state index in [4.69, 9.17) is 4.74 Å². The van der Waals surface area contributed by atoms with Crippen LogP contribution in [0.1, 0.15) is 39.2 Å². The second kappa shape index (κ2) is 9.36. The van der Waals surface area contributed by atoms with Gasteiger partial charge in [-0.15, -0.1) is 0 Å². The molecule has 1 atom stereocenters. The number of aliphatic hydroxyl groups excluding tert-OH is 1. The molecule has 0 saturated heterocycles. The summed E-state index contributed by atoms with van der Waals surface area (Å²) in [7, 11) is 0. The van der Waals surface area contributed by atoms with E-state index in [1.54, 1.807) is 24.3 Å². The lowest BCUT2D eigenvalue weighted by molar-refractivity contribution is -0.139. The van der Waals surface area contributed by atoms with Crippen molar-refractivity contribution in [2.24, 2.45) is 10.4 Å². The van der Waals surface area contributed by atoms with Crippen LogP contribution in [0.3, 0.4) is 0 Å². The Labute approximate surface area is 169 Å². The number of carboxylic acid groups (broad SMARTS) is 1. The summed E-state index contributed by atoms with van der Waals surface area (Å²) < 4.78 is 5.02. The van der Waals surface area contributed by atoms with E-state index in [-0.39, 0.29) is 47.8 Å². The smallest absolute Gasteiger partial charge is 0.408 e. The monoisotopic (exact) mass is 402 g/mol. The molecule has 0 spiro atoms. The van der Waals surface area contributed by atoms with E-state index in [0.29, 0.717) is 6.42 Å². The number of hydrogen-bond acceptors (Lipinski definition) is 6. The van der Waals surface area contributed by atoms with Gasteiger partial charge in [0.1, 0.15) is 18.4 Å². The number of aliphatic imine (C=N–C) groups is 1.